The number of carbonyl (C=O) groups excluding carboxylic acids is 3. The molecule has 0 radical (unpaired) electrons. The van der Waals surface area contributed by atoms with Crippen LogP contribution in [0.25, 0.3) is 0 Å². The Kier molecular flexibility index (Phi) is 6.06. The van der Waals surface area contributed by atoms with E-state index < -0.39 is 23.8 Å². The summed E-state index contributed by atoms with van der Waals surface area (Å²) >= 11 is 0. The summed E-state index contributed by atoms with van der Waals surface area (Å²) in [7, 11) is 2.36. The minimum absolute atomic E-state index is 0.0546. The first kappa shape index (κ1) is 17.2. The summed E-state index contributed by atoms with van der Waals surface area (Å²) in [5.41, 5.74) is 0.275. The van der Waals surface area contributed by atoms with E-state index in [1.54, 1.807) is 0 Å². The Morgan fingerprint density at radius 3 is 1.86 bits per heavy atom. The first-order valence-corrected chi connectivity index (χ1v) is 6.20. The fraction of sp³-hybridized carbons (Fsp3) is 0.286. The minimum atomic E-state index is -1.10. The van der Waals surface area contributed by atoms with Gasteiger partial charge < -0.3 is 19.9 Å². The molecule has 0 saturated heterocycles. The number of aliphatic carboxylic acids is 1. The third kappa shape index (κ3) is 4.89. The maximum atomic E-state index is 11.6. The van der Waals surface area contributed by atoms with Crippen molar-refractivity contribution in [3.8, 4) is 0 Å². The summed E-state index contributed by atoms with van der Waals surface area (Å²) in [6.45, 7) is 0. The molecular formula is C14H15NO7. The van der Waals surface area contributed by atoms with E-state index in [0.29, 0.717) is 0 Å². The van der Waals surface area contributed by atoms with Gasteiger partial charge >= 0.3 is 17.9 Å². The van der Waals surface area contributed by atoms with E-state index in [-0.39, 0.29) is 29.7 Å². The van der Waals surface area contributed by atoms with Crippen molar-refractivity contribution in [1.82, 2.24) is 0 Å². The van der Waals surface area contributed by atoms with Crippen LogP contribution in [0, 0.1) is 0 Å². The van der Waals surface area contributed by atoms with E-state index in [2.05, 4.69) is 14.8 Å². The maximum Gasteiger partial charge on any atom is 0.337 e. The molecule has 0 spiro atoms. The van der Waals surface area contributed by atoms with Crippen LogP contribution in [0.1, 0.15) is 33.6 Å². The lowest BCUT2D eigenvalue weighted by atomic mass is 10.1. The van der Waals surface area contributed by atoms with Gasteiger partial charge in [0.15, 0.2) is 0 Å². The molecule has 1 rings (SSSR count). The third-order valence-corrected chi connectivity index (χ3v) is 2.62. The van der Waals surface area contributed by atoms with Crippen molar-refractivity contribution in [2.24, 2.45) is 0 Å². The molecule has 22 heavy (non-hydrogen) atoms. The molecule has 0 aliphatic heterocycles. The molecule has 0 saturated carbocycles. The number of carboxylic acids is 1. The molecule has 0 unspecified atom stereocenters. The van der Waals surface area contributed by atoms with Crippen molar-refractivity contribution in [2.75, 3.05) is 19.5 Å². The Labute approximate surface area is 126 Å². The zero-order valence-corrected chi connectivity index (χ0v) is 12.0. The Balaban J connectivity index is 3.02. The van der Waals surface area contributed by atoms with Gasteiger partial charge in [0, 0.05) is 12.1 Å². The fourth-order valence-electron chi connectivity index (χ4n) is 1.62. The van der Waals surface area contributed by atoms with Gasteiger partial charge in [-0.05, 0) is 18.2 Å². The van der Waals surface area contributed by atoms with E-state index in [1.165, 1.54) is 32.4 Å². The zero-order valence-electron chi connectivity index (χ0n) is 12.0. The third-order valence-electron chi connectivity index (χ3n) is 2.62. The second-order valence-electron chi connectivity index (χ2n) is 4.22. The lowest BCUT2D eigenvalue weighted by Crippen LogP contribution is -2.15. The van der Waals surface area contributed by atoms with Gasteiger partial charge in [-0.2, -0.15) is 0 Å². The summed E-state index contributed by atoms with van der Waals surface area (Å²) < 4.78 is 9.12. The van der Waals surface area contributed by atoms with Crippen LogP contribution < -0.4 is 5.32 Å². The first-order valence-electron chi connectivity index (χ1n) is 6.20. The van der Waals surface area contributed by atoms with Gasteiger partial charge in [0.2, 0.25) is 5.91 Å². The molecule has 8 heteroatoms. The van der Waals surface area contributed by atoms with Crippen molar-refractivity contribution in [3.63, 3.8) is 0 Å². The number of carbonyl (C=O) groups is 4. The number of nitrogens with one attached hydrogen (secondary N) is 1. The number of ether oxygens (including phenoxy) is 2. The molecule has 1 amide bonds. The van der Waals surface area contributed by atoms with Gasteiger partial charge in [0.1, 0.15) is 0 Å². The number of rotatable bonds is 6. The second-order valence-corrected chi connectivity index (χ2v) is 4.22. The van der Waals surface area contributed by atoms with Crippen molar-refractivity contribution in [2.45, 2.75) is 12.8 Å². The Morgan fingerprint density at radius 1 is 0.955 bits per heavy atom. The quantitative estimate of drug-likeness (QED) is 0.754. The topological polar surface area (TPSA) is 119 Å². The summed E-state index contributed by atoms with van der Waals surface area (Å²) in [4.78, 5) is 45.2. The molecule has 2 N–H and O–H groups in total. The zero-order chi connectivity index (χ0) is 16.7. The number of benzene rings is 1. The smallest absolute Gasteiger partial charge is 0.337 e. The van der Waals surface area contributed by atoms with Gasteiger partial charge in [0.25, 0.3) is 0 Å². The van der Waals surface area contributed by atoms with E-state index in [4.69, 9.17) is 5.11 Å². The molecule has 8 nitrogen and oxygen atoms in total. The highest BCUT2D eigenvalue weighted by Crippen LogP contribution is 2.17. The summed E-state index contributed by atoms with van der Waals surface area (Å²) in [5.74, 6) is -3.03. The van der Waals surface area contributed by atoms with E-state index in [1.807, 2.05) is 0 Å². The fourth-order valence-corrected chi connectivity index (χ4v) is 1.62. The van der Waals surface area contributed by atoms with E-state index >= 15 is 0 Å². The summed E-state index contributed by atoms with van der Waals surface area (Å²) in [5, 5.41) is 10.9. The normalized spacial score (nSPS) is 9.73. The van der Waals surface area contributed by atoms with Crippen molar-refractivity contribution >= 4 is 29.5 Å². The van der Waals surface area contributed by atoms with Gasteiger partial charge in [-0.25, -0.2) is 9.59 Å². The predicted molar refractivity (Wildman–Crippen MR) is 74.6 cm³/mol. The van der Waals surface area contributed by atoms with Crippen LogP contribution in [0.3, 0.4) is 0 Å². The Morgan fingerprint density at radius 2 is 1.45 bits per heavy atom. The number of anilines is 1. The molecule has 118 valence electrons. The number of hydrogen-bond donors (Lipinski definition) is 2. The van der Waals surface area contributed by atoms with E-state index in [9.17, 15) is 19.2 Å². The molecule has 0 atom stereocenters. The first-order chi connectivity index (χ1) is 10.4. The monoisotopic (exact) mass is 309 g/mol. The van der Waals surface area contributed by atoms with Crippen LogP contribution >= 0.6 is 0 Å². The summed E-state index contributed by atoms with van der Waals surface area (Å²) in [6.07, 6.45) is -0.558. The van der Waals surface area contributed by atoms with Gasteiger partial charge in [0.05, 0.1) is 31.8 Å². The van der Waals surface area contributed by atoms with Crippen LogP contribution in [-0.2, 0) is 19.1 Å². The molecule has 1 aromatic carbocycles. The lowest BCUT2D eigenvalue weighted by Gasteiger charge is -2.09. The number of methoxy groups -OCH3 is 2. The second kappa shape index (κ2) is 7.77. The molecule has 0 aromatic heterocycles. The number of amides is 1. The average Bonchev–Trinajstić information content (AvgIpc) is 2.50. The van der Waals surface area contributed by atoms with Crippen molar-refractivity contribution < 1.29 is 33.8 Å². The SMILES string of the molecule is COC(=O)c1cc(NC(=O)CCC(=O)O)cc(C(=O)OC)c1. The highest BCUT2D eigenvalue weighted by Gasteiger charge is 2.15. The van der Waals surface area contributed by atoms with Crippen molar-refractivity contribution in [1.29, 1.82) is 0 Å². The maximum absolute atomic E-state index is 11.6. The van der Waals surface area contributed by atoms with Gasteiger partial charge in [-0.3, -0.25) is 9.59 Å². The van der Waals surface area contributed by atoms with Crippen molar-refractivity contribution in [3.05, 3.63) is 29.3 Å². The molecule has 0 heterocycles. The van der Waals surface area contributed by atoms with Crippen LogP contribution in [-0.4, -0.2) is 43.1 Å². The number of esters is 2. The molecule has 0 fully saturated rings. The minimum Gasteiger partial charge on any atom is -0.481 e. The number of hydrogen-bond acceptors (Lipinski definition) is 6. The number of carboxylic acid groups (broad SMARTS) is 1. The predicted octanol–water partition coefficient (Wildman–Crippen LogP) is 1.06. The summed E-state index contributed by atoms with van der Waals surface area (Å²) in [6, 6.07) is 3.90. The highest BCUT2D eigenvalue weighted by atomic mass is 16.5. The average molecular weight is 309 g/mol. The molecule has 0 bridgehead atoms. The molecule has 1 aromatic rings. The highest BCUT2D eigenvalue weighted by molar-refractivity contribution is 5.99. The van der Waals surface area contributed by atoms with Crippen LogP contribution in [0.5, 0.6) is 0 Å². The van der Waals surface area contributed by atoms with E-state index in [0.717, 1.165) is 0 Å². The van der Waals surface area contributed by atoms with Gasteiger partial charge in [-0.15, -0.1) is 0 Å². The Bertz CT molecular complexity index is 575. The molecule has 0 aliphatic carbocycles. The van der Waals surface area contributed by atoms with Crippen LogP contribution in [0.4, 0.5) is 5.69 Å². The molecular weight excluding hydrogens is 294 g/mol. The van der Waals surface area contributed by atoms with Crippen LogP contribution in [0.15, 0.2) is 18.2 Å². The van der Waals surface area contributed by atoms with Crippen LogP contribution in [0.2, 0.25) is 0 Å². The lowest BCUT2D eigenvalue weighted by molar-refractivity contribution is -0.138. The van der Waals surface area contributed by atoms with Gasteiger partial charge in [-0.1, -0.05) is 0 Å². The Hall–Kier alpha value is -2.90. The molecule has 0 aliphatic rings. The standard InChI is InChI=1S/C14H15NO7/c1-21-13(19)8-5-9(14(20)22-2)7-10(6-8)15-11(16)3-4-12(17)18/h5-7H,3-4H2,1-2H3,(H,15,16)(H,17,18). The largest absolute Gasteiger partial charge is 0.481 e.